The van der Waals surface area contributed by atoms with E-state index < -0.39 is 0 Å². The van der Waals surface area contributed by atoms with Crippen LogP contribution in [0.3, 0.4) is 0 Å². The summed E-state index contributed by atoms with van der Waals surface area (Å²) in [7, 11) is 1.86. The second-order valence-corrected chi connectivity index (χ2v) is 5.19. The summed E-state index contributed by atoms with van der Waals surface area (Å²) in [6.45, 7) is 0.848. The van der Waals surface area contributed by atoms with Gasteiger partial charge in [0.25, 0.3) is 0 Å². The highest BCUT2D eigenvalue weighted by molar-refractivity contribution is 6.34. The van der Waals surface area contributed by atoms with E-state index in [-0.39, 0.29) is 12.5 Å². The summed E-state index contributed by atoms with van der Waals surface area (Å²) in [5, 5.41) is 3.19. The molecule has 1 aromatic heterocycles. The number of halogens is 1. The summed E-state index contributed by atoms with van der Waals surface area (Å²) in [6, 6.07) is 10.7. The molecule has 2 aromatic rings. The van der Waals surface area contributed by atoms with Crippen LogP contribution in [0.2, 0.25) is 5.02 Å². The minimum Gasteiger partial charge on any atom is -0.399 e. The summed E-state index contributed by atoms with van der Waals surface area (Å²) in [6.07, 6.45) is 1.73. The summed E-state index contributed by atoms with van der Waals surface area (Å²) in [5.74, 6) is -0.139. The lowest BCUT2D eigenvalue weighted by Crippen LogP contribution is -2.30. The van der Waals surface area contributed by atoms with Crippen molar-refractivity contribution in [3.8, 4) is 0 Å². The first-order valence-corrected chi connectivity index (χ1v) is 6.86. The Morgan fingerprint density at radius 2 is 2.19 bits per heavy atom. The van der Waals surface area contributed by atoms with Crippen LogP contribution in [-0.4, -0.2) is 29.4 Å². The zero-order chi connectivity index (χ0) is 15.2. The molecular weight excluding hydrogens is 288 g/mol. The van der Waals surface area contributed by atoms with Gasteiger partial charge in [0.15, 0.2) is 0 Å². The van der Waals surface area contributed by atoms with Crippen LogP contribution in [0, 0.1) is 0 Å². The van der Waals surface area contributed by atoms with E-state index in [4.69, 9.17) is 17.3 Å². The number of benzene rings is 1. The third kappa shape index (κ3) is 4.73. The lowest BCUT2D eigenvalue weighted by atomic mass is 10.3. The molecule has 0 saturated carbocycles. The van der Waals surface area contributed by atoms with Crippen molar-refractivity contribution in [2.75, 3.05) is 24.6 Å². The fourth-order valence-electron chi connectivity index (χ4n) is 1.89. The topological polar surface area (TPSA) is 71.2 Å². The largest absolute Gasteiger partial charge is 0.399 e. The molecule has 0 radical (unpaired) electrons. The van der Waals surface area contributed by atoms with Crippen LogP contribution >= 0.6 is 11.6 Å². The number of nitrogens with one attached hydrogen (secondary N) is 1. The quantitative estimate of drug-likeness (QED) is 0.832. The Balaban J connectivity index is 1.89. The van der Waals surface area contributed by atoms with Crippen molar-refractivity contribution in [2.45, 2.75) is 6.54 Å². The highest BCUT2D eigenvalue weighted by Gasteiger charge is 2.10. The van der Waals surface area contributed by atoms with Crippen molar-refractivity contribution in [1.82, 2.24) is 9.88 Å². The normalized spacial score (nSPS) is 10.6. The molecule has 0 aliphatic heterocycles. The molecule has 0 bridgehead atoms. The predicted molar refractivity (Wildman–Crippen MR) is 85.1 cm³/mol. The minimum absolute atomic E-state index is 0.139. The Morgan fingerprint density at radius 3 is 2.86 bits per heavy atom. The smallest absolute Gasteiger partial charge is 0.238 e. The predicted octanol–water partition coefficient (Wildman–Crippen LogP) is 2.39. The average Bonchev–Trinajstić information content (AvgIpc) is 2.43. The molecule has 2 rings (SSSR count). The number of rotatable bonds is 5. The molecule has 1 amide bonds. The van der Waals surface area contributed by atoms with Crippen molar-refractivity contribution in [3.05, 3.63) is 53.3 Å². The van der Waals surface area contributed by atoms with Crippen LogP contribution in [0.1, 0.15) is 5.69 Å². The van der Waals surface area contributed by atoms with E-state index in [0.717, 1.165) is 5.69 Å². The Hall–Kier alpha value is -2.11. The number of aromatic nitrogens is 1. The van der Waals surface area contributed by atoms with Gasteiger partial charge in [0.1, 0.15) is 0 Å². The average molecular weight is 305 g/mol. The second-order valence-electron chi connectivity index (χ2n) is 4.78. The molecule has 3 N–H and O–H groups in total. The third-order valence-corrected chi connectivity index (χ3v) is 3.15. The maximum atomic E-state index is 12.0. The molecule has 0 unspecified atom stereocenters. The Kier molecular flexibility index (Phi) is 5.14. The van der Waals surface area contributed by atoms with E-state index >= 15 is 0 Å². The highest BCUT2D eigenvalue weighted by atomic mass is 35.5. The van der Waals surface area contributed by atoms with Crippen LogP contribution < -0.4 is 11.1 Å². The number of nitrogens with two attached hydrogens (primary N) is 1. The highest BCUT2D eigenvalue weighted by Crippen LogP contribution is 2.23. The van der Waals surface area contributed by atoms with Crippen molar-refractivity contribution in [3.63, 3.8) is 0 Å². The minimum atomic E-state index is -0.139. The lowest BCUT2D eigenvalue weighted by Gasteiger charge is -2.16. The number of hydrogen-bond acceptors (Lipinski definition) is 4. The maximum Gasteiger partial charge on any atom is 0.238 e. The first kappa shape index (κ1) is 15.3. The molecule has 5 nitrogen and oxygen atoms in total. The summed E-state index contributed by atoms with van der Waals surface area (Å²) in [4.78, 5) is 18.1. The van der Waals surface area contributed by atoms with Crippen LogP contribution in [0.15, 0.2) is 42.6 Å². The third-order valence-electron chi connectivity index (χ3n) is 2.84. The standard InChI is InChI=1S/C15H17ClN4O/c1-20(9-12-4-2-3-7-18-12)10-15(21)19-14-6-5-11(17)8-13(14)16/h2-8H,9-10,17H2,1H3,(H,19,21). The van der Waals surface area contributed by atoms with Crippen molar-refractivity contribution >= 4 is 28.9 Å². The van der Waals surface area contributed by atoms with Gasteiger partial charge in [-0.05, 0) is 37.4 Å². The van der Waals surface area contributed by atoms with Gasteiger partial charge < -0.3 is 11.1 Å². The van der Waals surface area contributed by atoms with E-state index in [9.17, 15) is 4.79 Å². The molecule has 0 atom stereocenters. The first-order valence-electron chi connectivity index (χ1n) is 6.48. The Morgan fingerprint density at radius 1 is 1.38 bits per heavy atom. The number of amides is 1. The van der Waals surface area contributed by atoms with Crippen molar-refractivity contribution in [1.29, 1.82) is 0 Å². The van der Waals surface area contributed by atoms with Gasteiger partial charge in [-0.1, -0.05) is 17.7 Å². The van der Waals surface area contributed by atoms with Crippen LogP contribution in [-0.2, 0) is 11.3 Å². The van der Waals surface area contributed by atoms with E-state index in [1.54, 1.807) is 24.4 Å². The Labute approximate surface area is 128 Å². The number of pyridine rings is 1. The zero-order valence-corrected chi connectivity index (χ0v) is 12.5. The molecule has 0 aliphatic carbocycles. The maximum absolute atomic E-state index is 12.0. The van der Waals surface area contributed by atoms with Gasteiger partial charge in [-0.25, -0.2) is 0 Å². The lowest BCUT2D eigenvalue weighted by molar-refractivity contribution is -0.117. The summed E-state index contributed by atoms with van der Waals surface area (Å²) < 4.78 is 0. The SMILES string of the molecule is CN(CC(=O)Nc1ccc(N)cc1Cl)Cc1ccccn1. The molecule has 110 valence electrons. The van der Waals surface area contributed by atoms with Gasteiger partial charge in [-0.2, -0.15) is 0 Å². The van der Waals surface area contributed by atoms with Crippen molar-refractivity contribution in [2.24, 2.45) is 0 Å². The zero-order valence-electron chi connectivity index (χ0n) is 11.7. The molecule has 21 heavy (non-hydrogen) atoms. The van der Waals surface area contributed by atoms with Gasteiger partial charge >= 0.3 is 0 Å². The van der Waals surface area contributed by atoms with Crippen LogP contribution in [0.5, 0.6) is 0 Å². The van der Waals surface area contributed by atoms with Crippen LogP contribution in [0.25, 0.3) is 0 Å². The Bertz CT molecular complexity index is 618. The van der Waals surface area contributed by atoms with E-state index in [1.165, 1.54) is 0 Å². The van der Waals surface area contributed by atoms with Gasteiger partial charge in [0.2, 0.25) is 5.91 Å². The molecule has 0 aliphatic rings. The molecule has 0 spiro atoms. The summed E-state index contributed by atoms with van der Waals surface area (Å²) >= 11 is 6.02. The van der Waals surface area contributed by atoms with Gasteiger partial charge in [0, 0.05) is 18.4 Å². The fraction of sp³-hybridized carbons (Fsp3) is 0.200. The molecular formula is C15H17ClN4O. The summed E-state index contributed by atoms with van der Waals surface area (Å²) in [5.41, 5.74) is 7.65. The number of carbonyl (C=O) groups excluding carboxylic acids is 1. The van der Waals surface area contributed by atoms with Crippen molar-refractivity contribution < 1.29 is 4.79 Å². The molecule has 6 heteroatoms. The number of hydrogen-bond donors (Lipinski definition) is 2. The number of anilines is 2. The number of likely N-dealkylation sites (N-methyl/N-ethyl adjacent to an activating group) is 1. The monoisotopic (exact) mass is 304 g/mol. The molecule has 0 fully saturated rings. The van der Waals surface area contributed by atoms with E-state index in [1.807, 2.05) is 30.1 Å². The molecule has 0 saturated heterocycles. The van der Waals surface area contributed by atoms with Gasteiger partial charge in [-0.3, -0.25) is 14.7 Å². The van der Waals surface area contributed by atoms with E-state index in [2.05, 4.69) is 10.3 Å². The fourth-order valence-corrected chi connectivity index (χ4v) is 2.13. The number of nitrogens with zero attached hydrogens (tertiary/aromatic N) is 2. The molecule has 1 aromatic carbocycles. The van der Waals surface area contributed by atoms with E-state index in [0.29, 0.717) is 22.9 Å². The van der Waals surface area contributed by atoms with Gasteiger partial charge in [0.05, 0.1) is 22.9 Å². The van der Waals surface area contributed by atoms with Gasteiger partial charge in [-0.15, -0.1) is 0 Å². The van der Waals surface area contributed by atoms with Crippen LogP contribution in [0.4, 0.5) is 11.4 Å². The first-order chi connectivity index (χ1) is 10.0. The number of carbonyl (C=O) groups is 1. The molecule has 1 heterocycles. The second kappa shape index (κ2) is 7.06. The number of nitrogen functional groups attached to an aromatic ring is 1.